The highest BCUT2D eigenvalue weighted by Crippen LogP contribution is 2.29. The van der Waals surface area contributed by atoms with E-state index in [0.717, 1.165) is 21.4 Å². The van der Waals surface area contributed by atoms with Crippen LogP contribution in [0.3, 0.4) is 0 Å². The van der Waals surface area contributed by atoms with Gasteiger partial charge in [-0.25, -0.2) is 0 Å². The number of aliphatic hydroxyl groups excluding tert-OH is 1. The molecular weight excluding hydrogens is 226 g/mol. The molecule has 0 aromatic carbocycles. The van der Waals surface area contributed by atoms with Crippen molar-refractivity contribution in [3.8, 4) is 0 Å². The largest absolute Gasteiger partial charge is 0.392 e. The van der Waals surface area contributed by atoms with Crippen molar-refractivity contribution in [3.05, 3.63) is 17.6 Å². The third-order valence-corrected chi connectivity index (χ3v) is 3.56. The fraction of sp³-hybridized carbons (Fsp3) is 0.444. The Hall–Kier alpha value is -1.34. The average Bonchev–Trinajstić information content (AvgIpc) is 2.74. The molecular formula is C9H13N5OS. The van der Waals surface area contributed by atoms with Gasteiger partial charge in [0.25, 0.3) is 0 Å². The summed E-state index contributed by atoms with van der Waals surface area (Å²) < 4.78 is 3.58. The SMILES string of the molecule is Cc1nn(C)c(Sc2nncn2C)c1CO. The summed E-state index contributed by atoms with van der Waals surface area (Å²) in [6.45, 7) is 1.87. The lowest BCUT2D eigenvalue weighted by Gasteiger charge is -2.03. The summed E-state index contributed by atoms with van der Waals surface area (Å²) >= 11 is 1.45. The van der Waals surface area contributed by atoms with Crippen LogP contribution in [-0.4, -0.2) is 29.7 Å². The minimum Gasteiger partial charge on any atom is -0.392 e. The zero-order valence-electron chi connectivity index (χ0n) is 9.38. The molecule has 16 heavy (non-hydrogen) atoms. The Morgan fingerprint density at radius 2 is 2.19 bits per heavy atom. The molecule has 0 amide bonds. The summed E-state index contributed by atoms with van der Waals surface area (Å²) in [5.74, 6) is 0. The van der Waals surface area contributed by atoms with Crippen molar-refractivity contribution in [2.75, 3.05) is 0 Å². The summed E-state index contributed by atoms with van der Waals surface area (Å²) in [6, 6.07) is 0. The standard InChI is InChI=1S/C9H13N5OS/c1-6-7(4-15)8(14(3)12-6)16-9-11-10-5-13(9)2/h5,15H,4H2,1-3H3. The topological polar surface area (TPSA) is 68.8 Å². The molecule has 0 bridgehead atoms. The third-order valence-electron chi connectivity index (χ3n) is 2.30. The molecule has 7 heteroatoms. The maximum absolute atomic E-state index is 9.30. The first-order chi connectivity index (χ1) is 7.63. The van der Waals surface area contributed by atoms with Crippen molar-refractivity contribution < 1.29 is 5.11 Å². The van der Waals surface area contributed by atoms with Crippen LogP contribution < -0.4 is 0 Å². The van der Waals surface area contributed by atoms with E-state index in [1.807, 2.05) is 25.6 Å². The van der Waals surface area contributed by atoms with E-state index in [0.29, 0.717) is 0 Å². The van der Waals surface area contributed by atoms with E-state index in [-0.39, 0.29) is 6.61 Å². The van der Waals surface area contributed by atoms with E-state index in [1.165, 1.54) is 11.8 Å². The molecule has 0 unspecified atom stereocenters. The summed E-state index contributed by atoms with van der Waals surface area (Å²) in [7, 11) is 3.73. The number of aryl methyl sites for hydroxylation is 3. The lowest BCUT2D eigenvalue weighted by Crippen LogP contribution is -1.96. The Morgan fingerprint density at radius 3 is 2.75 bits per heavy atom. The van der Waals surface area contributed by atoms with E-state index in [9.17, 15) is 5.11 Å². The number of aromatic nitrogens is 5. The van der Waals surface area contributed by atoms with Gasteiger partial charge in [-0.15, -0.1) is 10.2 Å². The predicted molar refractivity (Wildman–Crippen MR) is 59.0 cm³/mol. The van der Waals surface area contributed by atoms with Crippen molar-refractivity contribution >= 4 is 11.8 Å². The van der Waals surface area contributed by atoms with Crippen LogP contribution in [0.4, 0.5) is 0 Å². The highest BCUT2D eigenvalue weighted by molar-refractivity contribution is 7.99. The molecule has 2 aromatic rings. The predicted octanol–water partition coefficient (Wildman–Crippen LogP) is 0.501. The van der Waals surface area contributed by atoms with E-state index >= 15 is 0 Å². The monoisotopic (exact) mass is 239 g/mol. The quantitative estimate of drug-likeness (QED) is 0.844. The van der Waals surface area contributed by atoms with Crippen molar-refractivity contribution in [3.63, 3.8) is 0 Å². The molecule has 2 aromatic heterocycles. The molecule has 0 aliphatic heterocycles. The molecule has 2 rings (SSSR count). The van der Waals surface area contributed by atoms with Crippen molar-refractivity contribution in [2.45, 2.75) is 23.7 Å². The van der Waals surface area contributed by atoms with Gasteiger partial charge in [0.2, 0.25) is 0 Å². The molecule has 6 nitrogen and oxygen atoms in total. The highest BCUT2D eigenvalue weighted by Gasteiger charge is 2.15. The number of hydrogen-bond donors (Lipinski definition) is 1. The summed E-state index contributed by atoms with van der Waals surface area (Å²) in [4.78, 5) is 0. The van der Waals surface area contributed by atoms with Gasteiger partial charge in [-0.3, -0.25) is 4.68 Å². The molecule has 86 valence electrons. The van der Waals surface area contributed by atoms with Gasteiger partial charge in [0.15, 0.2) is 5.16 Å². The van der Waals surface area contributed by atoms with E-state index in [2.05, 4.69) is 15.3 Å². The van der Waals surface area contributed by atoms with Crippen LogP contribution in [-0.2, 0) is 20.7 Å². The minimum atomic E-state index is -0.0140. The molecule has 2 heterocycles. The minimum absolute atomic E-state index is 0.0140. The fourth-order valence-corrected chi connectivity index (χ4v) is 2.40. The molecule has 0 saturated heterocycles. The van der Waals surface area contributed by atoms with Crippen LogP contribution in [0.1, 0.15) is 11.3 Å². The normalized spacial score (nSPS) is 11.0. The smallest absolute Gasteiger partial charge is 0.197 e. The average molecular weight is 239 g/mol. The molecule has 0 fully saturated rings. The highest BCUT2D eigenvalue weighted by atomic mass is 32.2. The Kier molecular flexibility index (Phi) is 2.97. The molecule has 1 N–H and O–H groups in total. The van der Waals surface area contributed by atoms with Gasteiger partial charge < -0.3 is 9.67 Å². The van der Waals surface area contributed by atoms with E-state index in [4.69, 9.17) is 0 Å². The maximum Gasteiger partial charge on any atom is 0.197 e. The lowest BCUT2D eigenvalue weighted by molar-refractivity contribution is 0.277. The van der Waals surface area contributed by atoms with Gasteiger partial charge in [-0.1, -0.05) is 0 Å². The molecule has 0 spiro atoms. The molecule has 0 atom stereocenters. The van der Waals surface area contributed by atoms with Gasteiger partial charge in [0.1, 0.15) is 11.4 Å². The van der Waals surface area contributed by atoms with E-state index < -0.39 is 0 Å². The van der Waals surface area contributed by atoms with Gasteiger partial charge in [0.05, 0.1) is 12.3 Å². The fourth-order valence-electron chi connectivity index (χ4n) is 1.44. The van der Waals surface area contributed by atoms with Crippen LogP contribution in [0.2, 0.25) is 0 Å². The second-order valence-corrected chi connectivity index (χ2v) is 4.43. The number of nitrogens with zero attached hydrogens (tertiary/aromatic N) is 5. The third kappa shape index (κ3) is 1.83. The Bertz CT molecular complexity index is 504. The number of rotatable bonds is 3. The zero-order valence-corrected chi connectivity index (χ0v) is 10.2. The summed E-state index contributed by atoms with van der Waals surface area (Å²) in [6.07, 6.45) is 1.64. The van der Waals surface area contributed by atoms with Crippen LogP contribution >= 0.6 is 11.8 Å². The Labute approximate surface area is 97.3 Å². The zero-order chi connectivity index (χ0) is 11.7. The second kappa shape index (κ2) is 4.26. The molecule has 0 radical (unpaired) electrons. The molecule has 0 aliphatic carbocycles. The lowest BCUT2D eigenvalue weighted by atomic mass is 10.3. The van der Waals surface area contributed by atoms with Gasteiger partial charge >= 0.3 is 0 Å². The number of hydrogen-bond acceptors (Lipinski definition) is 5. The van der Waals surface area contributed by atoms with Gasteiger partial charge in [-0.2, -0.15) is 5.10 Å². The molecule has 0 saturated carbocycles. The first-order valence-corrected chi connectivity index (χ1v) is 5.60. The van der Waals surface area contributed by atoms with Crippen molar-refractivity contribution in [2.24, 2.45) is 14.1 Å². The first-order valence-electron chi connectivity index (χ1n) is 4.78. The summed E-state index contributed by atoms with van der Waals surface area (Å²) in [5, 5.41) is 23.0. The Morgan fingerprint density at radius 1 is 1.44 bits per heavy atom. The summed E-state index contributed by atoms with van der Waals surface area (Å²) in [5.41, 5.74) is 1.69. The van der Waals surface area contributed by atoms with Gasteiger partial charge in [0, 0.05) is 19.7 Å². The van der Waals surface area contributed by atoms with Crippen molar-refractivity contribution in [1.29, 1.82) is 0 Å². The number of aliphatic hydroxyl groups is 1. The van der Waals surface area contributed by atoms with Crippen LogP contribution in [0, 0.1) is 6.92 Å². The molecule has 0 aliphatic rings. The second-order valence-electron chi connectivity index (χ2n) is 3.48. The van der Waals surface area contributed by atoms with Crippen LogP contribution in [0.15, 0.2) is 16.5 Å². The van der Waals surface area contributed by atoms with E-state index in [1.54, 1.807) is 11.0 Å². The Balaban J connectivity index is 2.38. The van der Waals surface area contributed by atoms with Crippen molar-refractivity contribution in [1.82, 2.24) is 24.5 Å². The maximum atomic E-state index is 9.30. The van der Waals surface area contributed by atoms with Crippen LogP contribution in [0.5, 0.6) is 0 Å². The first kappa shape index (κ1) is 11.2. The van der Waals surface area contributed by atoms with Crippen LogP contribution in [0.25, 0.3) is 0 Å². The van der Waals surface area contributed by atoms with Gasteiger partial charge in [-0.05, 0) is 18.7 Å².